The number of likely N-dealkylation sites (tertiary alicyclic amines) is 2. The number of rotatable bonds is 6. The summed E-state index contributed by atoms with van der Waals surface area (Å²) in [6.45, 7) is 4.06. The van der Waals surface area contributed by atoms with Crippen LogP contribution >= 0.6 is 0 Å². The molecule has 3 saturated heterocycles. The zero-order chi connectivity index (χ0) is 20.6. The number of carbonyl (C=O) groups is 1. The standard InChI is InChI=1S/C24H32N4O2/c25-11-10-24(16-27(17-24)23(29)22-7-4-14-30-22)28-12-8-19(9-13-28)26-21-15-20(21)18-5-2-1-3-6-18/h1-3,5-6,19-22,26H,4,7-10,12-17H2/t20-,21+,22-/m0/s1. The molecule has 5 rings (SSSR count). The van der Waals surface area contributed by atoms with E-state index in [2.05, 4.69) is 46.6 Å². The van der Waals surface area contributed by atoms with E-state index in [1.54, 1.807) is 0 Å². The summed E-state index contributed by atoms with van der Waals surface area (Å²) in [7, 11) is 0. The molecule has 3 aliphatic heterocycles. The maximum atomic E-state index is 12.6. The van der Waals surface area contributed by atoms with Crippen molar-refractivity contribution >= 4 is 5.91 Å². The summed E-state index contributed by atoms with van der Waals surface area (Å²) in [6.07, 6.45) is 5.52. The van der Waals surface area contributed by atoms with Gasteiger partial charge in [0.2, 0.25) is 0 Å². The van der Waals surface area contributed by atoms with Crippen LogP contribution in [0.5, 0.6) is 0 Å². The lowest BCUT2D eigenvalue weighted by Crippen LogP contribution is -2.73. The first-order chi connectivity index (χ1) is 14.7. The molecule has 0 aromatic heterocycles. The second-order valence-electron chi connectivity index (χ2n) is 9.54. The molecule has 0 spiro atoms. The van der Waals surface area contributed by atoms with Gasteiger partial charge >= 0.3 is 0 Å². The molecule has 6 heteroatoms. The van der Waals surface area contributed by atoms with E-state index in [0.717, 1.165) is 38.8 Å². The van der Waals surface area contributed by atoms with Gasteiger partial charge < -0.3 is 15.0 Å². The number of amides is 1. The van der Waals surface area contributed by atoms with Gasteiger partial charge in [-0.1, -0.05) is 30.3 Å². The van der Waals surface area contributed by atoms with Gasteiger partial charge in [0.25, 0.3) is 5.91 Å². The molecule has 30 heavy (non-hydrogen) atoms. The molecular formula is C24H32N4O2. The first-order valence-corrected chi connectivity index (χ1v) is 11.5. The van der Waals surface area contributed by atoms with E-state index in [9.17, 15) is 10.1 Å². The van der Waals surface area contributed by atoms with Gasteiger partial charge in [0.15, 0.2) is 0 Å². The SMILES string of the molecule is N#CCC1(N2CCC(N[C@@H]3C[C@H]3c3ccccc3)CC2)CN(C(=O)[C@@H]2CCCO2)C1. The van der Waals surface area contributed by atoms with Crippen molar-refractivity contribution in [2.45, 2.75) is 68.2 Å². The monoisotopic (exact) mass is 408 g/mol. The first-order valence-electron chi connectivity index (χ1n) is 11.5. The molecule has 1 aromatic rings. The Bertz CT molecular complexity index is 787. The van der Waals surface area contributed by atoms with Crippen LogP contribution in [-0.4, -0.2) is 72.2 Å². The summed E-state index contributed by atoms with van der Waals surface area (Å²) in [5, 5.41) is 13.3. The molecule has 4 aliphatic rings. The first kappa shape index (κ1) is 20.0. The molecule has 1 saturated carbocycles. The van der Waals surface area contributed by atoms with E-state index in [4.69, 9.17) is 4.74 Å². The van der Waals surface area contributed by atoms with Crippen LogP contribution in [0, 0.1) is 11.3 Å². The number of hydrogen-bond acceptors (Lipinski definition) is 5. The van der Waals surface area contributed by atoms with Gasteiger partial charge in [0.1, 0.15) is 6.10 Å². The van der Waals surface area contributed by atoms with Gasteiger partial charge in [-0.05, 0) is 37.7 Å². The summed E-state index contributed by atoms with van der Waals surface area (Å²) >= 11 is 0. The van der Waals surface area contributed by atoms with E-state index in [1.807, 2.05) is 4.90 Å². The number of carbonyl (C=O) groups excluding carboxylic acids is 1. The fourth-order valence-corrected chi connectivity index (χ4v) is 5.64. The van der Waals surface area contributed by atoms with Gasteiger partial charge in [0.05, 0.1) is 18.0 Å². The third-order valence-corrected chi connectivity index (χ3v) is 7.53. The highest BCUT2D eigenvalue weighted by atomic mass is 16.5. The fraction of sp³-hybridized carbons (Fsp3) is 0.667. The predicted molar refractivity (Wildman–Crippen MR) is 114 cm³/mol. The average Bonchev–Trinajstić information content (AvgIpc) is 3.29. The van der Waals surface area contributed by atoms with Crippen LogP contribution < -0.4 is 5.32 Å². The van der Waals surface area contributed by atoms with Crippen molar-refractivity contribution < 1.29 is 9.53 Å². The average molecular weight is 409 g/mol. The van der Waals surface area contributed by atoms with Gasteiger partial charge in [-0.3, -0.25) is 9.69 Å². The molecule has 0 unspecified atom stereocenters. The van der Waals surface area contributed by atoms with Crippen LogP contribution in [0.2, 0.25) is 0 Å². The van der Waals surface area contributed by atoms with Crippen molar-refractivity contribution in [3.8, 4) is 6.07 Å². The molecule has 6 nitrogen and oxygen atoms in total. The smallest absolute Gasteiger partial charge is 0.251 e. The normalized spacial score (nSPS) is 31.2. The van der Waals surface area contributed by atoms with E-state index < -0.39 is 0 Å². The molecule has 3 heterocycles. The molecule has 3 atom stereocenters. The Morgan fingerprint density at radius 3 is 2.63 bits per heavy atom. The molecule has 4 fully saturated rings. The molecule has 1 N–H and O–H groups in total. The van der Waals surface area contributed by atoms with Crippen LogP contribution in [-0.2, 0) is 9.53 Å². The topological polar surface area (TPSA) is 68.6 Å². The minimum atomic E-state index is -0.254. The Balaban J connectivity index is 1.11. The third kappa shape index (κ3) is 3.87. The molecule has 1 amide bonds. The second kappa shape index (κ2) is 8.30. The quantitative estimate of drug-likeness (QED) is 0.782. The highest BCUT2D eigenvalue weighted by Gasteiger charge is 2.51. The zero-order valence-corrected chi connectivity index (χ0v) is 17.6. The molecule has 0 radical (unpaired) electrons. The number of ether oxygens (including phenoxy) is 1. The number of nitriles is 1. The molecule has 1 aromatic carbocycles. The molecule has 160 valence electrons. The lowest BCUT2D eigenvalue weighted by molar-refractivity contribution is -0.157. The summed E-state index contributed by atoms with van der Waals surface area (Å²) in [5.74, 6) is 0.788. The maximum Gasteiger partial charge on any atom is 0.251 e. The minimum Gasteiger partial charge on any atom is -0.368 e. The lowest BCUT2D eigenvalue weighted by atomic mass is 9.82. The van der Waals surface area contributed by atoms with E-state index in [1.165, 1.54) is 12.0 Å². The van der Waals surface area contributed by atoms with Crippen molar-refractivity contribution in [3.63, 3.8) is 0 Å². The summed E-state index contributed by atoms with van der Waals surface area (Å²) < 4.78 is 5.56. The molecule has 0 bridgehead atoms. The Labute approximate surface area is 179 Å². The number of benzene rings is 1. The lowest BCUT2D eigenvalue weighted by Gasteiger charge is -2.56. The Hall–Kier alpha value is -1.94. The van der Waals surface area contributed by atoms with Crippen molar-refractivity contribution in [2.24, 2.45) is 0 Å². The predicted octanol–water partition coefficient (Wildman–Crippen LogP) is 2.27. The van der Waals surface area contributed by atoms with Gasteiger partial charge in [-0.25, -0.2) is 0 Å². The van der Waals surface area contributed by atoms with Crippen LogP contribution in [0.1, 0.15) is 50.0 Å². The highest BCUT2D eigenvalue weighted by molar-refractivity contribution is 5.82. The number of nitrogens with zero attached hydrogens (tertiary/aromatic N) is 3. The zero-order valence-electron chi connectivity index (χ0n) is 17.6. The van der Waals surface area contributed by atoms with Crippen molar-refractivity contribution in [3.05, 3.63) is 35.9 Å². The van der Waals surface area contributed by atoms with Gasteiger partial charge in [-0.2, -0.15) is 5.26 Å². The van der Waals surface area contributed by atoms with Crippen LogP contribution in [0.4, 0.5) is 0 Å². The van der Waals surface area contributed by atoms with Crippen molar-refractivity contribution in [2.75, 3.05) is 32.8 Å². The van der Waals surface area contributed by atoms with Crippen LogP contribution in [0.3, 0.4) is 0 Å². The summed E-state index contributed by atoms with van der Waals surface area (Å²) in [5.41, 5.74) is 1.30. The third-order valence-electron chi connectivity index (χ3n) is 7.53. The van der Waals surface area contributed by atoms with E-state index in [-0.39, 0.29) is 17.6 Å². The van der Waals surface area contributed by atoms with Gasteiger partial charge in [-0.15, -0.1) is 0 Å². The summed E-state index contributed by atoms with van der Waals surface area (Å²) in [6, 6.07) is 14.4. The van der Waals surface area contributed by atoms with E-state index >= 15 is 0 Å². The fourth-order valence-electron chi connectivity index (χ4n) is 5.64. The summed E-state index contributed by atoms with van der Waals surface area (Å²) in [4.78, 5) is 17.0. The maximum absolute atomic E-state index is 12.6. The number of piperidine rings is 1. The highest BCUT2D eigenvalue weighted by Crippen LogP contribution is 2.42. The van der Waals surface area contributed by atoms with Crippen LogP contribution in [0.15, 0.2) is 30.3 Å². The number of hydrogen-bond donors (Lipinski definition) is 1. The second-order valence-corrected chi connectivity index (χ2v) is 9.54. The minimum absolute atomic E-state index is 0.123. The van der Waals surface area contributed by atoms with Crippen molar-refractivity contribution in [1.82, 2.24) is 15.1 Å². The van der Waals surface area contributed by atoms with E-state index in [0.29, 0.717) is 44.1 Å². The molecule has 1 aliphatic carbocycles. The van der Waals surface area contributed by atoms with Crippen molar-refractivity contribution in [1.29, 1.82) is 5.26 Å². The van der Waals surface area contributed by atoms with Crippen LogP contribution in [0.25, 0.3) is 0 Å². The Morgan fingerprint density at radius 2 is 1.97 bits per heavy atom. The Kier molecular flexibility index (Phi) is 5.53. The Morgan fingerprint density at radius 1 is 1.20 bits per heavy atom. The van der Waals surface area contributed by atoms with Gasteiger partial charge in [0, 0.05) is 50.8 Å². The number of nitrogens with one attached hydrogen (secondary N) is 1. The molecular weight excluding hydrogens is 376 g/mol. The largest absolute Gasteiger partial charge is 0.368 e.